The second-order valence-corrected chi connectivity index (χ2v) is 4.96. The lowest BCUT2D eigenvalue weighted by Gasteiger charge is -2.31. The number of hydrogen-bond acceptors (Lipinski definition) is 3. The fourth-order valence-electron chi connectivity index (χ4n) is 2.41. The number of amides is 1. The summed E-state index contributed by atoms with van der Waals surface area (Å²) in [5, 5.41) is 2.95. The number of nitrogens with two attached hydrogens (primary N) is 1. The number of anilines is 1. The summed E-state index contributed by atoms with van der Waals surface area (Å²) < 4.78 is 13.2. The summed E-state index contributed by atoms with van der Waals surface area (Å²) in [6, 6.07) is 4.09. The molecule has 1 amide bonds. The molecule has 1 aliphatic heterocycles. The van der Waals surface area contributed by atoms with Crippen molar-refractivity contribution in [3.63, 3.8) is 0 Å². The first kappa shape index (κ1) is 13.8. The van der Waals surface area contributed by atoms with Crippen molar-refractivity contribution in [3.05, 3.63) is 29.6 Å². The van der Waals surface area contributed by atoms with Crippen LogP contribution in [0.25, 0.3) is 0 Å². The van der Waals surface area contributed by atoms with E-state index in [1.807, 2.05) is 0 Å². The van der Waals surface area contributed by atoms with Gasteiger partial charge in [0.05, 0.1) is 0 Å². The highest BCUT2D eigenvalue weighted by atomic mass is 19.1. The van der Waals surface area contributed by atoms with Gasteiger partial charge >= 0.3 is 0 Å². The van der Waals surface area contributed by atoms with Crippen LogP contribution in [0, 0.1) is 5.82 Å². The molecule has 0 atom stereocenters. The van der Waals surface area contributed by atoms with Crippen molar-refractivity contribution in [2.24, 2.45) is 0 Å². The Labute approximate surface area is 112 Å². The molecule has 1 saturated heterocycles. The van der Waals surface area contributed by atoms with Crippen LogP contribution in [-0.2, 0) is 0 Å². The zero-order valence-corrected chi connectivity index (χ0v) is 11.2. The standard InChI is InChI=1S/C14H20FN3O/c1-2-18-5-3-13(4-6-18)17-14(19)10-7-11(15)9-12(16)8-10/h7-9,13H,2-6,16H2,1H3,(H,17,19). The molecule has 0 radical (unpaired) electrons. The highest BCUT2D eigenvalue weighted by Gasteiger charge is 2.20. The second-order valence-electron chi connectivity index (χ2n) is 4.96. The first-order valence-corrected chi connectivity index (χ1v) is 6.67. The molecule has 1 fully saturated rings. The van der Waals surface area contributed by atoms with Gasteiger partial charge < -0.3 is 16.0 Å². The van der Waals surface area contributed by atoms with E-state index < -0.39 is 5.82 Å². The van der Waals surface area contributed by atoms with Crippen LogP contribution in [-0.4, -0.2) is 36.5 Å². The predicted molar refractivity (Wildman–Crippen MR) is 73.4 cm³/mol. The second kappa shape index (κ2) is 6.02. The monoisotopic (exact) mass is 265 g/mol. The summed E-state index contributed by atoms with van der Waals surface area (Å²) in [5.74, 6) is -0.730. The van der Waals surface area contributed by atoms with E-state index >= 15 is 0 Å². The Hall–Kier alpha value is -1.62. The lowest BCUT2D eigenvalue weighted by molar-refractivity contribution is 0.0912. The molecule has 0 saturated carbocycles. The molecule has 0 unspecified atom stereocenters. The first-order valence-electron chi connectivity index (χ1n) is 6.67. The van der Waals surface area contributed by atoms with Crippen molar-refractivity contribution in [1.29, 1.82) is 0 Å². The lowest BCUT2D eigenvalue weighted by atomic mass is 10.0. The number of nitrogens with zero attached hydrogens (tertiary/aromatic N) is 1. The van der Waals surface area contributed by atoms with Crippen molar-refractivity contribution < 1.29 is 9.18 Å². The van der Waals surface area contributed by atoms with E-state index in [1.165, 1.54) is 18.2 Å². The molecule has 3 N–H and O–H groups in total. The van der Waals surface area contributed by atoms with Gasteiger partial charge in [0.15, 0.2) is 0 Å². The number of nitrogens with one attached hydrogen (secondary N) is 1. The minimum Gasteiger partial charge on any atom is -0.399 e. The number of nitrogen functional groups attached to an aromatic ring is 1. The van der Waals surface area contributed by atoms with Crippen molar-refractivity contribution >= 4 is 11.6 Å². The molecule has 1 aromatic rings. The Kier molecular flexibility index (Phi) is 4.37. The normalized spacial score (nSPS) is 17.4. The van der Waals surface area contributed by atoms with E-state index in [2.05, 4.69) is 17.1 Å². The van der Waals surface area contributed by atoms with Gasteiger partial charge in [-0.25, -0.2) is 4.39 Å². The average Bonchev–Trinajstić information content (AvgIpc) is 2.38. The number of halogens is 1. The molecule has 0 aromatic heterocycles. The molecule has 104 valence electrons. The number of piperidine rings is 1. The molecule has 0 aliphatic carbocycles. The van der Waals surface area contributed by atoms with Gasteiger partial charge in [-0.05, 0) is 37.6 Å². The summed E-state index contributed by atoms with van der Waals surface area (Å²) in [6.45, 7) is 5.16. The molecule has 0 spiro atoms. The lowest BCUT2D eigenvalue weighted by Crippen LogP contribution is -2.44. The minimum absolute atomic E-state index is 0.166. The van der Waals surface area contributed by atoms with E-state index in [4.69, 9.17) is 5.73 Å². The van der Waals surface area contributed by atoms with Gasteiger partial charge in [0, 0.05) is 30.4 Å². The van der Waals surface area contributed by atoms with Gasteiger partial charge in [0.2, 0.25) is 0 Å². The van der Waals surface area contributed by atoms with Crippen LogP contribution in [0.1, 0.15) is 30.1 Å². The van der Waals surface area contributed by atoms with E-state index in [9.17, 15) is 9.18 Å². The fourth-order valence-corrected chi connectivity index (χ4v) is 2.41. The molecule has 5 heteroatoms. The maximum Gasteiger partial charge on any atom is 0.251 e. The quantitative estimate of drug-likeness (QED) is 0.817. The van der Waals surface area contributed by atoms with Gasteiger partial charge in [-0.2, -0.15) is 0 Å². The van der Waals surface area contributed by atoms with Crippen LogP contribution in [0.5, 0.6) is 0 Å². The maximum absolute atomic E-state index is 13.2. The van der Waals surface area contributed by atoms with Crippen LogP contribution < -0.4 is 11.1 Å². The predicted octanol–water partition coefficient (Wildman–Crippen LogP) is 1.62. The third kappa shape index (κ3) is 3.67. The Bertz CT molecular complexity index is 436. The van der Waals surface area contributed by atoms with Gasteiger partial charge in [-0.15, -0.1) is 0 Å². The highest BCUT2D eigenvalue weighted by molar-refractivity contribution is 5.95. The Balaban J connectivity index is 1.94. The molecular formula is C14H20FN3O. The largest absolute Gasteiger partial charge is 0.399 e. The number of carbonyl (C=O) groups excluding carboxylic acids is 1. The third-order valence-corrected chi connectivity index (χ3v) is 3.55. The average molecular weight is 265 g/mol. The number of hydrogen-bond donors (Lipinski definition) is 2. The number of likely N-dealkylation sites (tertiary alicyclic amines) is 1. The topological polar surface area (TPSA) is 58.4 Å². The zero-order valence-electron chi connectivity index (χ0n) is 11.2. The molecule has 1 heterocycles. The van der Waals surface area contributed by atoms with Crippen LogP contribution in [0.4, 0.5) is 10.1 Å². The smallest absolute Gasteiger partial charge is 0.251 e. The highest BCUT2D eigenvalue weighted by Crippen LogP contribution is 2.13. The first-order chi connectivity index (χ1) is 9.08. The van der Waals surface area contributed by atoms with Crippen LogP contribution in [0.2, 0.25) is 0 Å². The minimum atomic E-state index is -0.481. The Morgan fingerprint density at radius 1 is 1.42 bits per heavy atom. The van der Waals surface area contributed by atoms with Gasteiger partial charge in [0.25, 0.3) is 5.91 Å². The van der Waals surface area contributed by atoms with Crippen molar-refractivity contribution in [2.75, 3.05) is 25.4 Å². The van der Waals surface area contributed by atoms with Crippen molar-refractivity contribution in [2.45, 2.75) is 25.8 Å². The van der Waals surface area contributed by atoms with Gasteiger partial charge in [-0.3, -0.25) is 4.79 Å². The van der Waals surface area contributed by atoms with Gasteiger partial charge in [0.1, 0.15) is 5.82 Å². The van der Waals surface area contributed by atoms with E-state index in [1.54, 1.807) is 0 Å². The molecule has 2 rings (SSSR count). The van der Waals surface area contributed by atoms with E-state index in [-0.39, 0.29) is 23.2 Å². The number of benzene rings is 1. The summed E-state index contributed by atoms with van der Waals surface area (Å²) in [5.41, 5.74) is 6.10. The van der Waals surface area contributed by atoms with E-state index in [0.29, 0.717) is 0 Å². The summed E-state index contributed by atoms with van der Waals surface area (Å²) in [4.78, 5) is 14.4. The SMILES string of the molecule is CCN1CCC(NC(=O)c2cc(N)cc(F)c2)CC1. The van der Waals surface area contributed by atoms with Crippen LogP contribution in [0.15, 0.2) is 18.2 Å². The maximum atomic E-state index is 13.2. The summed E-state index contributed by atoms with van der Waals surface area (Å²) in [7, 11) is 0. The third-order valence-electron chi connectivity index (χ3n) is 3.55. The molecule has 1 aliphatic rings. The molecule has 0 bridgehead atoms. The molecule has 19 heavy (non-hydrogen) atoms. The fraction of sp³-hybridized carbons (Fsp3) is 0.500. The molecule has 4 nitrogen and oxygen atoms in total. The molecule has 1 aromatic carbocycles. The molecular weight excluding hydrogens is 245 g/mol. The van der Waals surface area contributed by atoms with Crippen molar-refractivity contribution in [3.8, 4) is 0 Å². The number of rotatable bonds is 3. The van der Waals surface area contributed by atoms with Crippen LogP contribution >= 0.6 is 0 Å². The van der Waals surface area contributed by atoms with Crippen molar-refractivity contribution in [1.82, 2.24) is 10.2 Å². The summed E-state index contributed by atoms with van der Waals surface area (Å²) >= 11 is 0. The summed E-state index contributed by atoms with van der Waals surface area (Å²) in [6.07, 6.45) is 1.87. The zero-order chi connectivity index (χ0) is 13.8. The van der Waals surface area contributed by atoms with Gasteiger partial charge in [-0.1, -0.05) is 6.92 Å². The Morgan fingerprint density at radius 3 is 2.68 bits per heavy atom. The Morgan fingerprint density at radius 2 is 2.11 bits per heavy atom. The number of carbonyl (C=O) groups is 1. The van der Waals surface area contributed by atoms with E-state index in [0.717, 1.165) is 32.5 Å². The van der Waals surface area contributed by atoms with Crippen LogP contribution in [0.3, 0.4) is 0 Å².